The van der Waals surface area contributed by atoms with Gasteiger partial charge in [0.15, 0.2) is 0 Å². The number of hydrogen-bond acceptors (Lipinski definition) is 3. The van der Waals surface area contributed by atoms with Crippen LogP contribution in [0.15, 0.2) is 46.3 Å². The SMILES string of the molecule is NCCCN(Cc1ccccc1)C(=O)c1ccc(Br)s1. The molecule has 0 aliphatic carbocycles. The summed E-state index contributed by atoms with van der Waals surface area (Å²) in [5.41, 5.74) is 6.70. The number of thiophene rings is 1. The Hall–Kier alpha value is -1.17. The molecule has 0 aliphatic rings. The van der Waals surface area contributed by atoms with Crippen LogP contribution in [-0.4, -0.2) is 23.9 Å². The van der Waals surface area contributed by atoms with Gasteiger partial charge < -0.3 is 10.6 Å². The Morgan fingerprint density at radius 1 is 1.20 bits per heavy atom. The summed E-state index contributed by atoms with van der Waals surface area (Å²) >= 11 is 4.86. The maximum atomic E-state index is 12.5. The summed E-state index contributed by atoms with van der Waals surface area (Å²) in [6, 6.07) is 13.8. The van der Waals surface area contributed by atoms with Crippen molar-refractivity contribution in [3.63, 3.8) is 0 Å². The Bertz CT molecular complexity index is 556. The molecule has 1 heterocycles. The average molecular weight is 353 g/mol. The van der Waals surface area contributed by atoms with Crippen molar-refractivity contribution in [3.8, 4) is 0 Å². The predicted molar refractivity (Wildman–Crippen MR) is 86.9 cm³/mol. The van der Waals surface area contributed by atoms with Gasteiger partial charge in [0.25, 0.3) is 5.91 Å². The summed E-state index contributed by atoms with van der Waals surface area (Å²) in [6.45, 7) is 1.89. The third-order valence-electron chi connectivity index (χ3n) is 2.92. The zero-order chi connectivity index (χ0) is 14.4. The maximum absolute atomic E-state index is 12.5. The summed E-state index contributed by atoms with van der Waals surface area (Å²) in [5, 5.41) is 0. The lowest BCUT2D eigenvalue weighted by molar-refractivity contribution is 0.0747. The lowest BCUT2D eigenvalue weighted by atomic mass is 10.2. The van der Waals surface area contributed by atoms with E-state index in [0.717, 1.165) is 20.6 Å². The molecule has 2 N–H and O–H groups in total. The fraction of sp³-hybridized carbons (Fsp3) is 0.267. The van der Waals surface area contributed by atoms with Crippen molar-refractivity contribution in [2.24, 2.45) is 5.73 Å². The molecular weight excluding hydrogens is 336 g/mol. The molecule has 0 radical (unpaired) electrons. The van der Waals surface area contributed by atoms with Crippen LogP contribution in [0, 0.1) is 0 Å². The molecule has 20 heavy (non-hydrogen) atoms. The summed E-state index contributed by atoms with van der Waals surface area (Å²) in [6.07, 6.45) is 0.811. The fourth-order valence-electron chi connectivity index (χ4n) is 1.92. The molecule has 0 unspecified atom stereocenters. The maximum Gasteiger partial charge on any atom is 0.264 e. The van der Waals surface area contributed by atoms with Crippen molar-refractivity contribution >= 4 is 33.2 Å². The van der Waals surface area contributed by atoms with E-state index in [1.165, 1.54) is 11.3 Å². The summed E-state index contributed by atoms with van der Waals surface area (Å²) in [5.74, 6) is 0.0676. The minimum absolute atomic E-state index is 0.0676. The van der Waals surface area contributed by atoms with E-state index in [1.807, 2.05) is 47.4 Å². The largest absolute Gasteiger partial charge is 0.334 e. The van der Waals surface area contributed by atoms with E-state index in [1.54, 1.807) is 0 Å². The lowest BCUT2D eigenvalue weighted by Gasteiger charge is -2.22. The van der Waals surface area contributed by atoms with Gasteiger partial charge in [0, 0.05) is 13.1 Å². The van der Waals surface area contributed by atoms with Gasteiger partial charge in [-0.3, -0.25) is 4.79 Å². The van der Waals surface area contributed by atoms with E-state index < -0.39 is 0 Å². The lowest BCUT2D eigenvalue weighted by Crippen LogP contribution is -2.32. The van der Waals surface area contributed by atoms with E-state index in [2.05, 4.69) is 15.9 Å². The summed E-state index contributed by atoms with van der Waals surface area (Å²) in [4.78, 5) is 15.2. The number of rotatable bonds is 6. The first-order chi connectivity index (χ1) is 9.70. The number of nitrogens with two attached hydrogens (primary N) is 1. The highest BCUT2D eigenvalue weighted by Crippen LogP contribution is 2.24. The van der Waals surface area contributed by atoms with E-state index in [9.17, 15) is 4.79 Å². The Kier molecular flexibility index (Phi) is 5.76. The smallest absolute Gasteiger partial charge is 0.264 e. The van der Waals surface area contributed by atoms with E-state index >= 15 is 0 Å². The molecule has 0 aliphatic heterocycles. The Morgan fingerprint density at radius 2 is 1.95 bits per heavy atom. The van der Waals surface area contributed by atoms with Crippen LogP contribution in [0.3, 0.4) is 0 Å². The molecule has 2 aromatic rings. The molecule has 0 atom stereocenters. The molecule has 0 spiro atoms. The van der Waals surface area contributed by atoms with Crippen molar-refractivity contribution in [1.82, 2.24) is 4.90 Å². The van der Waals surface area contributed by atoms with Crippen LogP contribution in [-0.2, 0) is 6.54 Å². The molecule has 1 aromatic heterocycles. The van der Waals surface area contributed by atoms with Gasteiger partial charge >= 0.3 is 0 Å². The molecule has 1 amide bonds. The highest BCUT2D eigenvalue weighted by atomic mass is 79.9. The number of hydrogen-bond donors (Lipinski definition) is 1. The molecule has 3 nitrogen and oxygen atoms in total. The molecule has 5 heteroatoms. The summed E-state index contributed by atoms with van der Waals surface area (Å²) in [7, 11) is 0. The standard InChI is InChI=1S/C15H17BrN2OS/c16-14-8-7-13(20-14)15(19)18(10-4-9-17)11-12-5-2-1-3-6-12/h1-3,5-8H,4,9-11,17H2. The fourth-order valence-corrected chi connectivity index (χ4v) is 3.28. The molecule has 1 aromatic carbocycles. The van der Waals surface area contributed by atoms with Crippen LogP contribution in [0.4, 0.5) is 0 Å². The second-order valence-corrected chi connectivity index (χ2v) is 6.92. The third-order valence-corrected chi connectivity index (χ3v) is 4.53. The van der Waals surface area contributed by atoms with Gasteiger partial charge in [-0.05, 0) is 46.6 Å². The molecule has 0 saturated heterocycles. The molecule has 0 fully saturated rings. The molecule has 2 rings (SSSR count). The van der Waals surface area contributed by atoms with E-state index in [-0.39, 0.29) is 5.91 Å². The van der Waals surface area contributed by atoms with Crippen molar-refractivity contribution in [2.75, 3.05) is 13.1 Å². The first kappa shape index (κ1) is 15.2. The van der Waals surface area contributed by atoms with Gasteiger partial charge in [0.2, 0.25) is 0 Å². The quantitative estimate of drug-likeness (QED) is 0.864. The average Bonchev–Trinajstić information content (AvgIpc) is 2.90. The van der Waals surface area contributed by atoms with Gasteiger partial charge in [0.1, 0.15) is 0 Å². The minimum Gasteiger partial charge on any atom is -0.334 e. The number of carbonyl (C=O) groups is 1. The van der Waals surface area contributed by atoms with Crippen LogP contribution < -0.4 is 5.73 Å². The number of carbonyl (C=O) groups excluding carboxylic acids is 1. The highest BCUT2D eigenvalue weighted by Gasteiger charge is 2.17. The summed E-state index contributed by atoms with van der Waals surface area (Å²) < 4.78 is 0.972. The highest BCUT2D eigenvalue weighted by molar-refractivity contribution is 9.11. The van der Waals surface area contributed by atoms with Gasteiger partial charge in [-0.2, -0.15) is 0 Å². The molecular formula is C15H17BrN2OS. The van der Waals surface area contributed by atoms with Gasteiger partial charge in [-0.1, -0.05) is 30.3 Å². The van der Waals surface area contributed by atoms with Crippen molar-refractivity contribution < 1.29 is 4.79 Å². The van der Waals surface area contributed by atoms with Gasteiger partial charge in [-0.25, -0.2) is 0 Å². The number of nitrogens with zero attached hydrogens (tertiary/aromatic N) is 1. The van der Waals surface area contributed by atoms with Crippen LogP contribution in [0.25, 0.3) is 0 Å². The number of amides is 1. The Balaban J connectivity index is 2.12. The van der Waals surface area contributed by atoms with Crippen LogP contribution in [0.1, 0.15) is 21.7 Å². The van der Waals surface area contributed by atoms with Crippen molar-refractivity contribution in [3.05, 3.63) is 56.7 Å². The van der Waals surface area contributed by atoms with Crippen molar-refractivity contribution in [2.45, 2.75) is 13.0 Å². The molecule has 106 valence electrons. The van der Waals surface area contributed by atoms with E-state index in [0.29, 0.717) is 19.6 Å². The predicted octanol–water partition coefficient (Wildman–Crippen LogP) is 3.50. The van der Waals surface area contributed by atoms with Crippen LogP contribution in [0.2, 0.25) is 0 Å². The second kappa shape index (κ2) is 7.57. The Labute approximate surface area is 131 Å². The molecule has 0 bridgehead atoms. The second-order valence-electron chi connectivity index (χ2n) is 4.46. The zero-order valence-corrected chi connectivity index (χ0v) is 13.5. The minimum atomic E-state index is 0.0676. The van der Waals surface area contributed by atoms with Crippen molar-refractivity contribution in [1.29, 1.82) is 0 Å². The van der Waals surface area contributed by atoms with E-state index in [4.69, 9.17) is 5.73 Å². The first-order valence-electron chi connectivity index (χ1n) is 6.49. The number of halogens is 1. The zero-order valence-electron chi connectivity index (χ0n) is 11.1. The van der Waals surface area contributed by atoms with Gasteiger partial charge in [-0.15, -0.1) is 11.3 Å². The number of benzene rings is 1. The Morgan fingerprint density at radius 3 is 2.55 bits per heavy atom. The first-order valence-corrected chi connectivity index (χ1v) is 8.10. The van der Waals surface area contributed by atoms with Crippen LogP contribution in [0.5, 0.6) is 0 Å². The normalized spacial score (nSPS) is 10.5. The third kappa shape index (κ3) is 4.16. The topological polar surface area (TPSA) is 46.3 Å². The molecule has 0 saturated carbocycles. The van der Waals surface area contributed by atoms with Gasteiger partial charge in [0.05, 0.1) is 8.66 Å². The van der Waals surface area contributed by atoms with Crippen LogP contribution >= 0.6 is 27.3 Å². The monoisotopic (exact) mass is 352 g/mol.